The summed E-state index contributed by atoms with van der Waals surface area (Å²) in [5.41, 5.74) is 3.50. The Balaban J connectivity index is 2.95. The molecule has 3 nitrogen and oxygen atoms in total. The lowest BCUT2D eigenvalue weighted by atomic mass is 10.2. The summed E-state index contributed by atoms with van der Waals surface area (Å²) in [6.07, 6.45) is 1.28. The molecule has 0 saturated heterocycles. The minimum Gasteiger partial charge on any atom is -0.505 e. The lowest BCUT2D eigenvalue weighted by molar-refractivity contribution is 0.429. The number of phenols is 1. The van der Waals surface area contributed by atoms with Gasteiger partial charge in [0.1, 0.15) is 0 Å². The Kier molecular flexibility index (Phi) is 1.09. The molecule has 0 bridgehead atoms. The van der Waals surface area contributed by atoms with E-state index in [2.05, 4.69) is 10.5 Å². The van der Waals surface area contributed by atoms with Crippen molar-refractivity contribution in [2.75, 3.05) is 0 Å². The van der Waals surface area contributed by atoms with E-state index in [1.165, 1.54) is 18.3 Å². The molecule has 0 fully saturated rings. The van der Waals surface area contributed by atoms with E-state index in [1.807, 2.05) is 0 Å². The molecule has 0 aliphatic carbocycles. The Morgan fingerprint density at radius 1 is 1.36 bits per heavy atom. The van der Waals surface area contributed by atoms with Gasteiger partial charge < -0.3 is 5.11 Å². The van der Waals surface area contributed by atoms with Crippen molar-refractivity contribution in [2.24, 2.45) is 5.10 Å². The van der Waals surface area contributed by atoms with Crippen molar-refractivity contribution in [1.82, 2.24) is 5.43 Å². The third-order valence-electron chi connectivity index (χ3n) is 1.49. The molecule has 1 heterocycles. The maximum atomic E-state index is 12.9. The molecule has 1 aliphatic heterocycles. The summed E-state index contributed by atoms with van der Waals surface area (Å²) in [6.45, 7) is 0. The SMILES string of the molecule is Oc1ccc2c(c1F)=C[N]N=2. The van der Waals surface area contributed by atoms with Gasteiger partial charge in [-0.15, -0.1) is 0 Å². The van der Waals surface area contributed by atoms with Crippen molar-refractivity contribution in [3.63, 3.8) is 0 Å². The normalized spacial score (nSPS) is 12.8. The van der Waals surface area contributed by atoms with Crippen molar-refractivity contribution in [1.29, 1.82) is 0 Å². The van der Waals surface area contributed by atoms with Gasteiger partial charge in [0, 0.05) is 0 Å². The summed E-state index contributed by atoms with van der Waals surface area (Å²) in [5.74, 6) is -1.03. The van der Waals surface area contributed by atoms with Crippen molar-refractivity contribution in [3.05, 3.63) is 28.5 Å². The van der Waals surface area contributed by atoms with Crippen molar-refractivity contribution in [3.8, 4) is 5.75 Å². The van der Waals surface area contributed by atoms with Gasteiger partial charge in [-0.3, -0.25) is 0 Å². The minimum absolute atomic E-state index is 0.255. The van der Waals surface area contributed by atoms with Crippen LogP contribution in [0.15, 0.2) is 17.2 Å². The molecule has 0 aromatic heterocycles. The molecule has 2 rings (SSSR count). The van der Waals surface area contributed by atoms with E-state index < -0.39 is 5.82 Å². The number of aromatic hydroxyl groups is 1. The van der Waals surface area contributed by atoms with Crippen LogP contribution in [0.25, 0.3) is 6.20 Å². The Labute approximate surface area is 61.5 Å². The Morgan fingerprint density at radius 2 is 2.18 bits per heavy atom. The average molecular weight is 151 g/mol. The standard InChI is InChI=1S/C7H4FN2O/c8-7-4-3-9-10-5(4)1-2-6(7)11/h1-3,11H. The van der Waals surface area contributed by atoms with Gasteiger partial charge >= 0.3 is 0 Å². The number of halogens is 1. The fraction of sp³-hybridized carbons (Fsp3) is 0. The average Bonchev–Trinajstić information content (AvgIpc) is 2.45. The molecule has 0 saturated carbocycles. The van der Waals surface area contributed by atoms with Gasteiger partial charge in [-0.25, -0.2) is 4.39 Å². The topological polar surface area (TPSA) is 46.7 Å². The van der Waals surface area contributed by atoms with Crippen LogP contribution in [0.5, 0.6) is 5.75 Å². The van der Waals surface area contributed by atoms with Crippen LogP contribution in [0, 0.1) is 5.82 Å². The molecule has 1 aromatic carbocycles. The molecule has 1 aliphatic rings. The van der Waals surface area contributed by atoms with Crippen LogP contribution in [-0.4, -0.2) is 5.11 Å². The van der Waals surface area contributed by atoms with Crippen molar-refractivity contribution in [2.45, 2.75) is 0 Å². The summed E-state index contributed by atoms with van der Waals surface area (Å²) >= 11 is 0. The number of phenolic OH excluding ortho intramolecular Hbond substituents is 1. The zero-order valence-corrected chi connectivity index (χ0v) is 5.45. The highest BCUT2D eigenvalue weighted by Gasteiger charge is 2.06. The molecule has 1 radical (unpaired) electrons. The van der Waals surface area contributed by atoms with Gasteiger partial charge in [0.15, 0.2) is 11.6 Å². The predicted molar refractivity (Wildman–Crippen MR) is 35.4 cm³/mol. The minimum atomic E-state index is -0.660. The summed E-state index contributed by atoms with van der Waals surface area (Å²) in [4.78, 5) is 0. The number of benzene rings is 1. The molecular weight excluding hydrogens is 147 g/mol. The maximum absolute atomic E-state index is 12.9. The maximum Gasteiger partial charge on any atom is 0.175 e. The largest absolute Gasteiger partial charge is 0.505 e. The second kappa shape index (κ2) is 1.95. The summed E-state index contributed by atoms with van der Waals surface area (Å²) in [6, 6.07) is 2.77. The van der Waals surface area contributed by atoms with E-state index in [9.17, 15) is 4.39 Å². The van der Waals surface area contributed by atoms with Crippen LogP contribution in [0.3, 0.4) is 0 Å². The number of hydrogen-bond acceptors (Lipinski definition) is 2. The molecule has 0 unspecified atom stereocenters. The second-order valence-corrected chi connectivity index (χ2v) is 2.18. The number of rotatable bonds is 0. The van der Waals surface area contributed by atoms with Gasteiger partial charge in [-0.05, 0) is 12.1 Å². The fourth-order valence-electron chi connectivity index (χ4n) is 0.930. The lowest BCUT2D eigenvalue weighted by Gasteiger charge is -1.90. The number of hydrogen-bond donors (Lipinski definition) is 1. The summed E-state index contributed by atoms with van der Waals surface area (Å²) < 4.78 is 12.9. The third kappa shape index (κ3) is 0.756. The smallest absolute Gasteiger partial charge is 0.175 e. The molecule has 0 spiro atoms. The third-order valence-corrected chi connectivity index (χ3v) is 1.49. The molecule has 11 heavy (non-hydrogen) atoms. The van der Waals surface area contributed by atoms with E-state index in [1.54, 1.807) is 0 Å². The molecular formula is C7H4FN2O. The van der Waals surface area contributed by atoms with Crippen molar-refractivity contribution < 1.29 is 9.50 Å². The highest BCUT2D eigenvalue weighted by Crippen LogP contribution is 2.06. The van der Waals surface area contributed by atoms with Gasteiger partial charge in [-0.2, -0.15) is 10.5 Å². The lowest BCUT2D eigenvalue weighted by Crippen LogP contribution is -2.24. The molecule has 1 aromatic rings. The zero-order chi connectivity index (χ0) is 7.84. The van der Waals surface area contributed by atoms with Crippen LogP contribution >= 0.6 is 0 Å². The van der Waals surface area contributed by atoms with Crippen LogP contribution in [0.4, 0.5) is 4.39 Å². The van der Waals surface area contributed by atoms with E-state index in [0.717, 1.165) is 0 Å². The Hall–Kier alpha value is -1.58. The van der Waals surface area contributed by atoms with Crippen LogP contribution < -0.4 is 16.0 Å². The highest BCUT2D eigenvalue weighted by atomic mass is 19.1. The van der Waals surface area contributed by atoms with Crippen LogP contribution in [0.1, 0.15) is 0 Å². The zero-order valence-electron chi connectivity index (χ0n) is 5.45. The van der Waals surface area contributed by atoms with Crippen LogP contribution in [0.2, 0.25) is 0 Å². The van der Waals surface area contributed by atoms with E-state index in [-0.39, 0.29) is 11.0 Å². The molecule has 0 atom stereocenters. The Morgan fingerprint density at radius 3 is 3.00 bits per heavy atom. The van der Waals surface area contributed by atoms with Crippen LogP contribution in [-0.2, 0) is 0 Å². The first-order chi connectivity index (χ1) is 5.29. The summed E-state index contributed by atoms with van der Waals surface area (Å²) in [5, 5.41) is 13.2. The second-order valence-electron chi connectivity index (χ2n) is 2.18. The monoisotopic (exact) mass is 151 g/mol. The van der Waals surface area contributed by atoms with Crippen molar-refractivity contribution >= 4 is 6.20 Å². The molecule has 4 heteroatoms. The van der Waals surface area contributed by atoms with Gasteiger partial charge in [-0.1, -0.05) is 0 Å². The van der Waals surface area contributed by atoms with E-state index in [4.69, 9.17) is 5.11 Å². The summed E-state index contributed by atoms with van der Waals surface area (Å²) in [7, 11) is 0. The first-order valence-electron chi connectivity index (χ1n) is 3.04. The number of nitrogens with zero attached hydrogens (tertiary/aromatic N) is 2. The Bertz CT molecular complexity index is 413. The molecule has 55 valence electrons. The van der Waals surface area contributed by atoms with E-state index in [0.29, 0.717) is 5.36 Å². The van der Waals surface area contributed by atoms with Gasteiger partial charge in [0.25, 0.3) is 0 Å². The first kappa shape index (κ1) is 6.15. The van der Waals surface area contributed by atoms with E-state index >= 15 is 0 Å². The quantitative estimate of drug-likeness (QED) is 0.530. The highest BCUT2D eigenvalue weighted by molar-refractivity contribution is 5.31. The number of fused-ring (bicyclic) bond motifs is 1. The first-order valence-corrected chi connectivity index (χ1v) is 3.04. The fourth-order valence-corrected chi connectivity index (χ4v) is 0.930. The molecule has 1 N–H and O–H groups in total. The van der Waals surface area contributed by atoms with Gasteiger partial charge in [0.05, 0.1) is 16.8 Å². The molecule has 0 amide bonds. The predicted octanol–water partition coefficient (Wildman–Crippen LogP) is -0.578. The van der Waals surface area contributed by atoms with Gasteiger partial charge in [0.2, 0.25) is 0 Å².